The van der Waals surface area contributed by atoms with Gasteiger partial charge in [0.05, 0.1) is 17.8 Å². The van der Waals surface area contributed by atoms with Gasteiger partial charge in [-0.05, 0) is 29.3 Å². The molecule has 1 aliphatic heterocycles. The number of benzene rings is 2. The van der Waals surface area contributed by atoms with Crippen molar-refractivity contribution in [3.8, 4) is 0 Å². The van der Waals surface area contributed by atoms with E-state index in [1.54, 1.807) is 0 Å². The first kappa shape index (κ1) is 12.5. The van der Waals surface area contributed by atoms with Gasteiger partial charge in [-0.1, -0.05) is 24.3 Å². The Bertz CT molecular complexity index is 667. The van der Waals surface area contributed by atoms with Gasteiger partial charge in [-0.25, -0.2) is 0 Å². The number of hydrogen-bond donors (Lipinski definition) is 2. The molecule has 4 heteroatoms. The molecule has 0 atom stereocenters. The molecule has 1 aliphatic rings. The number of nitrogens with two attached hydrogens (primary N) is 1. The van der Waals surface area contributed by atoms with Gasteiger partial charge in [-0.3, -0.25) is 4.79 Å². The van der Waals surface area contributed by atoms with Crippen molar-refractivity contribution in [3.63, 3.8) is 0 Å². The highest BCUT2D eigenvalue weighted by atomic mass is 16.1. The lowest BCUT2D eigenvalue weighted by atomic mass is 10.1. The first-order valence-electron chi connectivity index (χ1n) is 6.61. The van der Waals surface area contributed by atoms with Crippen LogP contribution in [0.5, 0.6) is 0 Å². The predicted octanol–water partition coefficient (Wildman–Crippen LogP) is 2.40. The maximum absolute atomic E-state index is 11.4. The van der Waals surface area contributed by atoms with Crippen LogP contribution in [-0.4, -0.2) is 13.0 Å². The van der Waals surface area contributed by atoms with Crippen molar-refractivity contribution in [2.45, 2.75) is 13.0 Å². The lowest BCUT2D eigenvalue weighted by Crippen LogP contribution is -2.17. The van der Waals surface area contributed by atoms with Crippen LogP contribution in [0.15, 0.2) is 42.5 Å². The highest BCUT2D eigenvalue weighted by molar-refractivity contribution is 5.99. The second kappa shape index (κ2) is 4.89. The molecular formula is C16H17N3O. The fourth-order valence-corrected chi connectivity index (χ4v) is 2.58. The predicted molar refractivity (Wildman–Crippen MR) is 81.7 cm³/mol. The van der Waals surface area contributed by atoms with Crippen LogP contribution in [0.4, 0.5) is 17.1 Å². The minimum absolute atomic E-state index is 0.0674. The van der Waals surface area contributed by atoms with E-state index in [0.717, 1.165) is 29.2 Å². The van der Waals surface area contributed by atoms with Gasteiger partial charge in [-0.15, -0.1) is 0 Å². The highest BCUT2D eigenvalue weighted by Crippen LogP contribution is 2.26. The van der Waals surface area contributed by atoms with Crippen LogP contribution in [0.25, 0.3) is 0 Å². The Morgan fingerprint density at radius 3 is 2.85 bits per heavy atom. The molecule has 3 N–H and O–H groups in total. The third-order valence-corrected chi connectivity index (χ3v) is 3.56. The number of fused-ring (bicyclic) bond motifs is 1. The van der Waals surface area contributed by atoms with E-state index in [1.807, 2.05) is 43.4 Å². The zero-order valence-corrected chi connectivity index (χ0v) is 11.4. The molecule has 0 aliphatic carbocycles. The number of nitrogens with zero attached hydrogens (tertiary/aromatic N) is 1. The summed E-state index contributed by atoms with van der Waals surface area (Å²) in [5.41, 5.74) is 10.9. The smallest absolute Gasteiger partial charge is 0.228 e. The number of rotatable bonds is 3. The summed E-state index contributed by atoms with van der Waals surface area (Å²) < 4.78 is 0. The Kier molecular flexibility index (Phi) is 3.06. The van der Waals surface area contributed by atoms with Gasteiger partial charge < -0.3 is 16.0 Å². The second-order valence-corrected chi connectivity index (χ2v) is 5.13. The van der Waals surface area contributed by atoms with Crippen LogP contribution < -0.4 is 16.0 Å². The molecule has 2 aromatic carbocycles. The van der Waals surface area contributed by atoms with Gasteiger partial charge in [0.2, 0.25) is 5.91 Å². The summed E-state index contributed by atoms with van der Waals surface area (Å²) >= 11 is 0. The lowest BCUT2D eigenvalue weighted by Gasteiger charge is -2.21. The molecule has 0 bridgehead atoms. The summed E-state index contributed by atoms with van der Waals surface area (Å²) in [5, 5.41) is 2.85. The molecular weight excluding hydrogens is 250 g/mol. The van der Waals surface area contributed by atoms with Gasteiger partial charge >= 0.3 is 0 Å². The monoisotopic (exact) mass is 267 g/mol. The van der Waals surface area contributed by atoms with Crippen molar-refractivity contribution in [3.05, 3.63) is 53.6 Å². The Morgan fingerprint density at radius 2 is 2.05 bits per heavy atom. The first-order valence-corrected chi connectivity index (χ1v) is 6.61. The molecule has 20 heavy (non-hydrogen) atoms. The van der Waals surface area contributed by atoms with Gasteiger partial charge in [0.1, 0.15) is 0 Å². The Labute approximate surface area is 118 Å². The molecule has 0 aromatic heterocycles. The van der Waals surface area contributed by atoms with E-state index in [1.165, 1.54) is 5.56 Å². The van der Waals surface area contributed by atoms with Crippen LogP contribution in [-0.2, 0) is 17.8 Å². The van der Waals surface area contributed by atoms with E-state index >= 15 is 0 Å². The third-order valence-electron chi connectivity index (χ3n) is 3.56. The molecule has 0 saturated heterocycles. The number of anilines is 3. The topological polar surface area (TPSA) is 58.4 Å². The van der Waals surface area contributed by atoms with E-state index in [9.17, 15) is 4.79 Å². The number of hydrogen-bond acceptors (Lipinski definition) is 3. The van der Waals surface area contributed by atoms with Crippen molar-refractivity contribution < 1.29 is 4.79 Å². The fourth-order valence-electron chi connectivity index (χ4n) is 2.58. The van der Waals surface area contributed by atoms with Crippen LogP contribution in [0.1, 0.15) is 11.1 Å². The Morgan fingerprint density at radius 1 is 1.25 bits per heavy atom. The standard InChI is InChI=1S/C16H17N3O/c1-19(15-5-3-2-4-13(15)17)10-11-6-7-14-12(8-11)9-16(20)18-14/h2-8H,9-10,17H2,1H3,(H,18,20). The van der Waals surface area contributed by atoms with Gasteiger partial charge in [-0.2, -0.15) is 0 Å². The highest BCUT2D eigenvalue weighted by Gasteiger charge is 2.17. The van der Waals surface area contributed by atoms with Crippen LogP contribution >= 0.6 is 0 Å². The molecule has 4 nitrogen and oxygen atoms in total. The van der Waals surface area contributed by atoms with Gasteiger partial charge in [0.25, 0.3) is 0 Å². The number of para-hydroxylation sites is 2. The number of carbonyl (C=O) groups is 1. The van der Waals surface area contributed by atoms with Gasteiger partial charge in [0.15, 0.2) is 0 Å². The summed E-state index contributed by atoms with van der Waals surface area (Å²) in [7, 11) is 2.02. The van der Waals surface area contributed by atoms with E-state index in [4.69, 9.17) is 5.73 Å². The van der Waals surface area contributed by atoms with Crippen LogP contribution in [0.3, 0.4) is 0 Å². The van der Waals surface area contributed by atoms with Gasteiger partial charge in [0, 0.05) is 19.3 Å². The molecule has 0 spiro atoms. The largest absolute Gasteiger partial charge is 0.397 e. The Balaban J connectivity index is 1.80. The minimum Gasteiger partial charge on any atom is -0.397 e. The second-order valence-electron chi connectivity index (χ2n) is 5.13. The average Bonchev–Trinajstić information content (AvgIpc) is 2.78. The molecule has 2 aromatic rings. The van der Waals surface area contributed by atoms with E-state index in [2.05, 4.69) is 16.3 Å². The molecule has 102 valence electrons. The van der Waals surface area contributed by atoms with Crippen molar-refractivity contribution in [1.82, 2.24) is 0 Å². The maximum atomic E-state index is 11.4. The average molecular weight is 267 g/mol. The number of amides is 1. The quantitative estimate of drug-likeness (QED) is 0.840. The zero-order chi connectivity index (χ0) is 14.1. The summed E-state index contributed by atoms with van der Waals surface area (Å²) in [5.74, 6) is 0.0674. The summed E-state index contributed by atoms with van der Waals surface area (Å²) in [6.07, 6.45) is 0.473. The summed E-state index contributed by atoms with van der Waals surface area (Å²) in [4.78, 5) is 13.5. The van der Waals surface area contributed by atoms with Crippen LogP contribution in [0, 0.1) is 0 Å². The fraction of sp³-hybridized carbons (Fsp3) is 0.188. The molecule has 0 saturated carbocycles. The zero-order valence-electron chi connectivity index (χ0n) is 11.4. The molecule has 0 unspecified atom stereocenters. The van der Waals surface area contributed by atoms with E-state index in [-0.39, 0.29) is 5.91 Å². The summed E-state index contributed by atoms with van der Waals surface area (Å²) in [6.45, 7) is 0.760. The molecule has 3 rings (SSSR count). The summed E-state index contributed by atoms with van der Waals surface area (Å²) in [6, 6.07) is 13.9. The SMILES string of the molecule is CN(Cc1ccc2c(c1)CC(=O)N2)c1ccccc1N. The lowest BCUT2D eigenvalue weighted by molar-refractivity contribution is -0.115. The molecule has 0 radical (unpaired) electrons. The first-order chi connectivity index (χ1) is 9.63. The third kappa shape index (κ3) is 2.32. The minimum atomic E-state index is 0.0674. The number of carbonyl (C=O) groups excluding carboxylic acids is 1. The molecule has 0 fully saturated rings. The van der Waals surface area contributed by atoms with E-state index < -0.39 is 0 Å². The molecule has 1 heterocycles. The molecule has 1 amide bonds. The normalized spacial score (nSPS) is 12.9. The van der Waals surface area contributed by atoms with Crippen LogP contribution in [0.2, 0.25) is 0 Å². The van der Waals surface area contributed by atoms with Crippen molar-refractivity contribution in [1.29, 1.82) is 0 Å². The Hall–Kier alpha value is -2.49. The van der Waals surface area contributed by atoms with Crippen molar-refractivity contribution in [2.75, 3.05) is 23.0 Å². The number of nitrogens with one attached hydrogen (secondary N) is 1. The van der Waals surface area contributed by atoms with Crippen molar-refractivity contribution in [2.24, 2.45) is 0 Å². The van der Waals surface area contributed by atoms with Crippen molar-refractivity contribution >= 4 is 23.0 Å². The number of nitrogen functional groups attached to an aromatic ring is 1. The van der Waals surface area contributed by atoms with E-state index in [0.29, 0.717) is 6.42 Å². The maximum Gasteiger partial charge on any atom is 0.228 e.